The van der Waals surface area contributed by atoms with E-state index >= 15 is 0 Å². The summed E-state index contributed by atoms with van der Waals surface area (Å²) in [6.07, 6.45) is 2.15. The minimum absolute atomic E-state index is 0.150. The number of carboxylic acids is 1. The van der Waals surface area contributed by atoms with Crippen LogP contribution in [0.5, 0.6) is 0 Å². The largest absolute Gasteiger partial charge is 0.476 e. The van der Waals surface area contributed by atoms with Gasteiger partial charge in [0.05, 0.1) is 5.69 Å². The van der Waals surface area contributed by atoms with Crippen LogP contribution in [-0.2, 0) is 14.4 Å². The predicted octanol–water partition coefficient (Wildman–Crippen LogP) is 2.11. The maximum atomic E-state index is 12.0. The Morgan fingerprint density at radius 1 is 1.44 bits per heavy atom. The lowest BCUT2D eigenvalue weighted by molar-refractivity contribution is -0.132. The van der Waals surface area contributed by atoms with E-state index < -0.39 is 5.97 Å². The van der Waals surface area contributed by atoms with Crippen LogP contribution in [-0.4, -0.2) is 45.6 Å². The number of hydrazine groups is 1. The summed E-state index contributed by atoms with van der Waals surface area (Å²) < 4.78 is 0. The number of hydrogen-bond acceptors (Lipinski definition) is 7. The first kappa shape index (κ1) is 18.5. The molecule has 1 saturated heterocycles. The van der Waals surface area contributed by atoms with Crippen LogP contribution < -0.4 is 5.43 Å². The Morgan fingerprint density at radius 2 is 2.26 bits per heavy atom. The van der Waals surface area contributed by atoms with Gasteiger partial charge in [-0.2, -0.15) is 0 Å². The summed E-state index contributed by atoms with van der Waals surface area (Å²) in [6, 6.07) is 6.89. The highest BCUT2D eigenvalue weighted by Gasteiger charge is 2.33. The molecule has 0 spiro atoms. The van der Waals surface area contributed by atoms with E-state index in [4.69, 9.17) is 0 Å². The second-order valence-electron chi connectivity index (χ2n) is 5.64. The Morgan fingerprint density at radius 3 is 2.89 bits per heavy atom. The fraction of sp³-hybridized carbons (Fsp3) is 0.235. The van der Waals surface area contributed by atoms with Crippen LogP contribution in [0.2, 0.25) is 0 Å². The van der Waals surface area contributed by atoms with Crippen LogP contribution in [0.3, 0.4) is 0 Å². The Hall–Kier alpha value is -3.27. The number of nitrogens with zero attached hydrogens (tertiary/aromatic N) is 4. The van der Waals surface area contributed by atoms with Gasteiger partial charge >= 0.3 is 5.97 Å². The topological polar surface area (TPSA) is 116 Å². The standard InChI is InChI=1S/C17H17N5O4S/c1-10(23)22-13(12-5-3-4-6-18-12)8-14(20-22)19-15-7-11(9-27-15)16(17(24)25)21-26-2/h3-7,9,13H,8H2,1-2H3,(H,19,20)(H,24,25)/b21-16-. The van der Waals surface area contributed by atoms with Crippen molar-refractivity contribution in [2.45, 2.75) is 19.4 Å². The molecule has 0 aliphatic carbocycles. The van der Waals surface area contributed by atoms with Gasteiger partial charge in [0.2, 0.25) is 5.91 Å². The summed E-state index contributed by atoms with van der Waals surface area (Å²) in [5.74, 6) is -0.747. The molecule has 9 nitrogen and oxygen atoms in total. The number of thiophene rings is 1. The smallest absolute Gasteiger partial charge is 0.358 e. The molecular weight excluding hydrogens is 370 g/mol. The van der Waals surface area contributed by atoms with E-state index in [0.717, 1.165) is 5.69 Å². The first-order valence-electron chi connectivity index (χ1n) is 7.98. The number of amidine groups is 1. The molecule has 2 aromatic rings. The van der Waals surface area contributed by atoms with Gasteiger partial charge < -0.3 is 9.94 Å². The van der Waals surface area contributed by atoms with Crippen molar-refractivity contribution in [2.24, 2.45) is 10.1 Å². The molecule has 1 amide bonds. The van der Waals surface area contributed by atoms with Gasteiger partial charge in [0, 0.05) is 30.5 Å². The molecule has 1 aliphatic heterocycles. The molecule has 2 N–H and O–H groups in total. The number of hydrogen-bond donors (Lipinski definition) is 2. The van der Waals surface area contributed by atoms with Crippen LogP contribution in [0.4, 0.5) is 5.00 Å². The first-order valence-corrected chi connectivity index (χ1v) is 8.86. The van der Waals surface area contributed by atoms with Crippen molar-refractivity contribution in [2.75, 3.05) is 7.11 Å². The quantitative estimate of drug-likeness (QED) is 0.599. The summed E-state index contributed by atoms with van der Waals surface area (Å²) in [5.41, 5.74) is 3.97. The van der Waals surface area contributed by atoms with Gasteiger partial charge in [-0.25, -0.2) is 14.8 Å². The average Bonchev–Trinajstić information content (AvgIpc) is 3.28. The summed E-state index contributed by atoms with van der Waals surface area (Å²) in [6.45, 7) is 1.47. The maximum absolute atomic E-state index is 12.0. The van der Waals surface area contributed by atoms with E-state index in [9.17, 15) is 14.7 Å². The second-order valence-corrected chi connectivity index (χ2v) is 6.52. The molecular formula is C17H17N5O4S. The van der Waals surface area contributed by atoms with Crippen LogP contribution in [0.15, 0.2) is 46.0 Å². The van der Waals surface area contributed by atoms with Gasteiger partial charge in [0.25, 0.3) is 0 Å². The maximum Gasteiger partial charge on any atom is 0.358 e. The monoisotopic (exact) mass is 387 g/mol. The fourth-order valence-electron chi connectivity index (χ4n) is 2.66. The molecule has 10 heteroatoms. The summed E-state index contributed by atoms with van der Waals surface area (Å²) >= 11 is 1.27. The summed E-state index contributed by atoms with van der Waals surface area (Å²) in [7, 11) is 1.28. The van der Waals surface area contributed by atoms with Gasteiger partial charge in [0.1, 0.15) is 24.0 Å². The highest BCUT2D eigenvalue weighted by molar-refractivity contribution is 7.14. The molecule has 140 valence electrons. The number of aromatic nitrogens is 1. The summed E-state index contributed by atoms with van der Waals surface area (Å²) in [5, 5.41) is 16.4. The van der Waals surface area contributed by atoms with Crippen molar-refractivity contribution >= 4 is 39.8 Å². The number of aliphatic imine (C=N–C) groups is 1. The number of rotatable bonds is 5. The number of aliphatic carboxylic acids is 1. The minimum Gasteiger partial charge on any atom is -0.476 e. The number of carbonyl (C=O) groups excluding carboxylic acids is 1. The fourth-order valence-corrected chi connectivity index (χ4v) is 3.45. The lowest BCUT2D eigenvalue weighted by Gasteiger charge is -2.21. The van der Waals surface area contributed by atoms with Crippen molar-refractivity contribution in [1.82, 2.24) is 15.4 Å². The zero-order valence-corrected chi connectivity index (χ0v) is 15.4. The van der Waals surface area contributed by atoms with Crippen molar-refractivity contribution in [3.8, 4) is 0 Å². The Balaban J connectivity index is 1.85. The van der Waals surface area contributed by atoms with Crippen molar-refractivity contribution in [1.29, 1.82) is 0 Å². The molecule has 0 radical (unpaired) electrons. The molecule has 1 fully saturated rings. The van der Waals surface area contributed by atoms with E-state index in [2.05, 4.69) is 25.4 Å². The number of carboxylic acid groups (broad SMARTS) is 1. The molecule has 1 unspecified atom stereocenters. The van der Waals surface area contributed by atoms with Crippen LogP contribution >= 0.6 is 11.3 Å². The van der Waals surface area contributed by atoms with E-state index in [0.29, 0.717) is 22.8 Å². The number of carbonyl (C=O) groups is 2. The molecule has 0 saturated carbocycles. The molecule has 3 heterocycles. The van der Waals surface area contributed by atoms with Crippen molar-refractivity contribution in [3.05, 3.63) is 47.1 Å². The lowest BCUT2D eigenvalue weighted by atomic mass is 10.1. The van der Waals surface area contributed by atoms with Crippen molar-refractivity contribution in [3.63, 3.8) is 0 Å². The molecule has 3 rings (SSSR count). The number of amides is 1. The van der Waals surface area contributed by atoms with Crippen LogP contribution in [0, 0.1) is 0 Å². The number of oxime groups is 1. The van der Waals surface area contributed by atoms with E-state index in [1.807, 2.05) is 18.2 Å². The van der Waals surface area contributed by atoms with Gasteiger partial charge in [-0.3, -0.25) is 15.2 Å². The van der Waals surface area contributed by atoms with Crippen LogP contribution in [0.1, 0.15) is 30.6 Å². The molecule has 0 aromatic carbocycles. The zero-order valence-electron chi connectivity index (χ0n) is 14.6. The molecule has 27 heavy (non-hydrogen) atoms. The predicted molar refractivity (Wildman–Crippen MR) is 99.8 cm³/mol. The Kier molecular flexibility index (Phi) is 5.46. The van der Waals surface area contributed by atoms with Gasteiger partial charge in [0.15, 0.2) is 5.71 Å². The highest BCUT2D eigenvalue weighted by atomic mass is 32.1. The van der Waals surface area contributed by atoms with E-state index in [-0.39, 0.29) is 17.7 Å². The highest BCUT2D eigenvalue weighted by Crippen LogP contribution is 2.30. The molecule has 0 bridgehead atoms. The van der Waals surface area contributed by atoms with Gasteiger partial charge in [-0.05, 0) is 18.2 Å². The van der Waals surface area contributed by atoms with E-state index in [1.54, 1.807) is 17.6 Å². The zero-order chi connectivity index (χ0) is 19.4. The van der Waals surface area contributed by atoms with Crippen molar-refractivity contribution < 1.29 is 19.5 Å². The third-order valence-electron chi connectivity index (χ3n) is 3.81. The second kappa shape index (κ2) is 7.96. The molecule has 1 aliphatic rings. The van der Waals surface area contributed by atoms with Crippen LogP contribution in [0.25, 0.3) is 0 Å². The Bertz CT molecular complexity index is 909. The van der Waals surface area contributed by atoms with Gasteiger partial charge in [-0.1, -0.05) is 11.2 Å². The third kappa shape index (κ3) is 4.11. The lowest BCUT2D eigenvalue weighted by Crippen LogP contribution is -2.38. The minimum atomic E-state index is -1.19. The Labute approximate surface area is 159 Å². The number of nitrogens with one attached hydrogen (secondary N) is 1. The van der Waals surface area contributed by atoms with E-state index in [1.165, 1.54) is 30.4 Å². The molecule has 1 atom stereocenters. The van der Waals surface area contributed by atoms with Gasteiger partial charge in [-0.15, -0.1) is 11.3 Å². The SMILES string of the molecule is CO/N=C(\C(=O)O)c1csc(/N=C2\CC(c3ccccn3)N(C(C)=O)N2)c1. The first-order chi connectivity index (χ1) is 13.0. The number of pyridine rings is 1. The average molecular weight is 387 g/mol. The molecule has 2 aromatic heterocycles. The third-order valence-corrected chi connectivity index (χ3v) is 4.63. The normalized spacial score (nSPS) is 18.4. The summed E-state index contributed by atoms with van der Waals surface area (Å²) in [4.78, 5) is 36.6.